The maximum absolute atomic E-state index is 12.0. The van der Waals surface area contributed by atoms with Crippen molar-refractivity contribution >= 4 is 11.7 Å². The highest BCUT2D eigenvalue weighted by Gasteiger charge is 2.39. The van der Waals surface area contributed by atoms with Gasteiger partial charge < -0.3 is 10.5 Å². The summed E-state index contributed by atoms with van der Waals surface area (Å²) in [5.74, 6) is 2.03. The first-order valence-corrected chi connectivity index (χ1v) is 7.16. The fourth-order valence-corrected chi connectivity index (χ4v) is 3.78. The largest absolute Gasteiger partial charge is 0.462 e. The molecule has 1 aromatic carbocycles. The minimum absolute atomic E-state index is 0.238. The number of nitrogens with two attached hydrogens (primary N) is 1. The van der Waals surface area contributed by atoms with Crippen molar-refractivity contribution in [1.29, 1.82) is 0 Å². The van der Waals surface area contributed by atoms with Crippen LogP contribution in [0.2, 0.25) is 0 Å². The summed E-state index contributed by atoms with van der Waals surface area (Å²) < 4.78 is 5.48. The van der Waals surface area contributed by atoms with Crippen LogP contribution in [0, 0.1) is 24.7 Å². The van der Waals surface area contributed by atoms with E-state index in [2.05, 4.69) is 0 Å². The van der Waals surface area contributed by atoms with E-state index >= 15 is 0 Å². The van der Waals surface area contributed by atoms with Crippen molar-refractivity contribution in [3.05, 3.63) is 29.3 Å². The molecule has 1 aromatic rings. The summed E-state index contributed by atoms with van der Waals surface area (Å²) in [5.41, 5.74) is 7.94. The molecule has 0 aromatic heterocycles. The van der Waals surface area contributed by atoms with Gasteiger partial charge in [0.25, 0.3) is 0 Å². The molecule has 2 aliphatic rings. The predicted octanol–water partition coefficient (Wildman–Crippen LogP) is 3.17. The minimum atomic E-state index is -0.238. The second-order valence-electron chi connectivity index (χ2n) is 6.17. The molecule has 3 rings (SSSR count). The Labute approximate surface area is 114 Å². The van der Waals surface area contributed by atoms with Gasteiger partial charge in [-0.25, -0.2) is 4.79 Å². The number of fused-ring (bicyclic) bond motifs is 2. The van der Waals surface area contributed by atoms with Gasteiger partial charge in [0.2, 0.25) is 0 Å². The molecule has 102 valence electrons. The second-order valence-corrected chi connectivity index (χ2v) is 6.17. The highest BCUT2D eigenvalue weighted by Crippen LogP contribution is 2.48. The highest BCUT2D eigenvalue weighted by atomic mass is 16.5. The molecular weight excluding hydrogens is 238 g/mol. The van der Waals surface area contributed by atoms with Crippen molar-refractivity contribution < 1.29 is 9.53 Å². The van der Waals surface area contributed by atoms with Crippen LogP contribution < -0.4 is 5.73 Å². The second kappa shape index (κ2) is 4.87. The van der Waals surface area contributed by atoms with Gasteiger partial charge in [0, 0.05) is 5.69 Å². The number of hydrogen-bond donors (Lipinski definition) is 1. The average Bonchev–Trinajstić information content (AvgIpc) is 2.96. The zero-order chi connectivity index (χ0) is 13.4. The Balaban J connectivity index is 1.59. The zero-order valence-corrected chi connectivity index (χ0v) is 11.4. The summed E-state index contributed by atoms with van der Waals surface area (Å²) in [6.45, 7) is 2.51. The van der Waals surface area contributed by atoms with Gasteiger partial charge in [-0.15, -0.1) is 0 Å². The third-order valence-corrected chi connectivity index (χ3v) is 4.65. The van der Waals surface area contributed by atoms with Crippen LogP contribution >= 0.6 is 0 Å². The summed E-state index contributed by atoms with van der Waals surface area (Å²) in [6.07, 6.45) is 5.29. The number of aryl methyl sites for hydroxylation is 1. The summed E-state index contributed by atoms with van der Waals surface area (Å²) in [4.78, 5) is 12.0. The molecule has 3 nitrogen and oxygen atoms in total. The predicted molar refractivity (Wildman–Crippen MR) is 74.8 cm³/mol. The van der Waals surface area contributed by atoms with Crippen molar-refractivity contribution in [3.8, 4) is 0 Å². The van der Waals surface area contributed by atoms with E-state index in [0.29, 0.717) is 23.8 Å². The van der Waals surface area contributed by atoms with Crippen LogP contribution in [0.4, 0.5) is 5.69 Å². The summed E-state index contributed by atoms with van der Waals surface area (Å²) in [5, 5.41) is 0. The lowest BCUT2D eigenvalue weighted by molar-refractivity contribution is 0.0394. The SMILES string of the molecule is Cc1cc(N)cc(C(=O)OCC2CC3CCC2C3)c1. The molecule has 19 heavy (non-hydrogen) atoms. The molecule has 2 bridgehead atoms. The summed E-state index contributed by atoms with van der Waals surface area (Å²) >= 11 is 0. The maximum atomic E-state index is 12.0. The molecule has 0 heterocycles. The van der Waals surface area contributed by atoms with Gasteiger partial charge in [-0.2, -0.15) is 0 Å². The first-order chi connectivity index (χ1) is 9.11. The normalized spacial score (nSPS) is 28.6. The lowest BCUT2D eigenvalue weighted by atomic mass is 9.89. The van der Waals surface area contributed by atoms with Crippen LogP contribution in [0.3, 0.4) is 0 Å². The van der Waals surface area contributed by atoms with Gasteiger partial charge in [0.1, 0.15) is 0 Å². The number of carbonyl (C=O) groups excluding carboxylic acids is 1. The standard InChI is InChI=1S/C16H21NO2/c1-10-4-13(8-15(17)5-10)16(18)19-9-14-7-11-2-3-12(14)6-11/h4-5,8,11-12,14H,2-3,6-7,9,17H2,1H3. The van der Waals surface area contributed by atoms with Gasteiger partial charge in [-0.05, 0) is 67.7 Å². The molecule has 2 saturated carbocycles. The molecule has 3 atom stereocenters. The number of nitrogen functional groups attached to an aromatic ring is 1. The van der Waals surface area contributed by atoms with Crippen LogP contribution in [0.25, 0.3) is 0 Å². The topological polar surface area (TPSA) is 52.3 Å². The van der Waals surface area contributed by atoms with Crippen molar-refractivity contribution in [2.75, 3.05) is 12.3 Å². The van der Waals surface area contributed by atoms with Crippen molar-refractivity contribution in [2.45, 2.75) is 32.6 Å². The fourth-order valence-electron chi connectivity index (χ4n) is 3.78. The Morgan fingerprint density at radius 1 is 1.32 bits per heavy atom. The van der Waals surface area contributed by atoms with Gasteiger partial charge in [-0.1, -0.05) is 6.42 Å². The van der Waals surface area contributed by atoms with Gasteiger partial charge >= 0.3 is 5.97 Å². The Morgan fingerprint density at radius 2 is 2.16 bits per heavy atom. The number of carbonyl (C=O) groups is 1. The third-order valence-electron chi connectivity index (χ3n) is 4.65. The molecule has 0 amide bonds. The molecule has 0 saturated heterocycles. The molecule has 0 spiro atoms. The molecule has 2 aliphatic carbocycles. The summed E-state index contributed by atoms with van der Waals surface area (Å²) in [7, 11) is 0. The summed E-state index contributed by atoms with van der Waals surface area (Å²) in [6, 6.07) is 5.38. The number of esters is 1. The van der Waals surface area contributed by atoms with E-state index in [0.717, 1.165) is 17.4 Å². The molecule has 2 N–H and O–H groups in total. The van der Waals surface area contributed by atoms with E-state index in [1.165, 1.54) is 25.7 Å². The van der Waals surface area contributed by atoms with E-state index in [4.69, 9.17) is 10.5 Å². The van der Waals surface area contributed by atoms with Crippen LogP contribution in [-0.4, -0.2) is 12.6 Å². The van der Waals surface area contributed by atoms with E-state index in [1.807, 2.05) is 19.1 Å². The smallest absolute Gasteiger partial charge is 0.338 e. The fraction of sp³-hybridized carbons (Fsp3) is 0.562. The first kappa shape index (κ1) is 12.5. The van der Waals surface area contributed by atoms with E-state index in [-0.39, 0.29) is 5.97 Å². The first-order valence-electron chi connectivity index (χ1n) is 7.16. The minimum Gasteiger partial charge on any atom is -0.462 e. The lowest BCUT2D eigenvalue weighted by Gasteiger charge is -2.21. The number of anilines is 1. The highest BCUT2D eigenvalue weighted by molar-refractivity contribution is 5.90. The number of rotatable bonds is 3. The maximum Gasteiger partial charge on any atom is 0.338 e. The van der Waals surface area contributed by atoms with E-state index in [1.54, 1.807) is 6.07 Å². The van der Waals surface area contributed by atoms with Crippen molar-refractivity contribution in [3.63, 3.8) is 0 Å². The zero-order valence-electron chi connectivity index (χ0n) is 11.4. The Hall–Kier alpha value is -1.51. The van der Waals surface area contributed by atoms with Gasteiger partial charge in [0.05, 0.1) is 12.2 Å². The quantitative estimate of drug-likeness (QED) is 0.670. The van der Waals surface area contributed by atoms with Crippen LogP contribution in [0.5, 0.6) is 0 Å². The molecular formula is C16H21NO2. The van der Waals surface area contributed by atoms with Crippen molar-refractivity contribution in [2.24, 2.45) is 17.8 Å². The molecule has 0 aliphatic heterocycles. The Morgan fingerprint density at radius 3 is 2.79 bits per heavy atom. The van der Waals surface area contributed by atoms with E-state index in [9.17, 15) is 4.79 Å². The molecule has 2 fully saturated rings. The molecule has 3 unspecified atom stereocenters. The number of hydrogen-bond acceptors (Lipinski definition) is 3. The Kier molecular flexibility index (Phi) is 3.21. The average molecular weight is 259 g/mol. The van der Waals surface area contributed by atoms with E-state index < -0.39 is 0 Å². The Bertz CT molecular complexity index is 477. The molecule has 3 heteroatoms. The number of benzene rings is 1. The van der Waals surface area contributed by atoms with Crippen molar-refractivity contribution in [1.82, 2.24) is 0 Å². The monoisotopic (exact) mass is 259 g/mol. The third kappa shape index (κ3) is 2.60. The van der Waals surface area contributed by atoms with Crippen LogP contribution in [0.15, 0.2) is 18.2 Å². The number of ether oxygens (including phenoxy) is 1. The van der Waals surface area contributed by atoms with Crippen LogP contribution in [0.1, 0.15) is 41.6 Å². The lowest BCUT2D eigenvalue weighted by Crippen LogP contribution is -2.19. The van der Waals surface area contributed by atoms with Gasteiger partial charge in [0.15, 0.2) is 0 Å². The van der Waals surface area contributed by atoms with Crippen LogP contribution in [-0.2, 0) is 4.74 Å². The molecule has 0 radical (unpaired) electrons. The van der Waals surface area contributed by atoms with Gasteiger partial charge in [-0.3, -0.25) is 0 Å².